The van der Waals surface area contributed by atoms with Crippen molar-refractivity contribution in [1.29, 1.82) is 0 Å². The van der Waals surface area contributed by atoms with Crippen LogP contribution in [0.1, 0.15) is 63.1 Å². The minimum Gasteiger partial charge on any atom is -0.310 e. The van der Waals surface area contributed by atoms with Gasteiger partial charge in [-0.25, -0.2) is 0 Å². The Labute approximate surface area is 106 Å². The van der Waals surface area contributed by atoms with Crippen LogP contribution >= 0.6 is 0 Å². The fraction of sp³-hybridized carbons (Fsp3) is 0.625. The van der Waals surface area contributed by atoms with Crippen LogP contribution in [0, 0.1) is 5.92 Å². The lowest BCUT2D eigenvalue weighted by molar-refractivity contribution is 0.233. The van der Waals surface area contributed by atoms with Crippen LogP contribution in [0.25, 0.3) is 0 Å². The van der Waals surface area contributed by atoms with E-state index in [1.165, 1.54) is 30.4 Å². The molecule has 1 aromatic carbocycles. The summed E-state index contributed by atoms with van der Waals surface area (Å²) in [5, 5.41) is 3.65. The van der Waals surface area contributed by atoms with Crippen LogP contribution < -0.4 is 5.32 Å². The first-order valence-corrected chi connectivity index (χ1v) is 7.05. The first kappa shape index (κ1) is 12.6. The van der Waals surface area contributed by atoms with Gasteiger partial charge in [0, 0.05) is 6.04 Å². The van der Waals surface area contributed by atoms with Crippen molar-refractivity contribution in [2.24, 2.45) is 5.92 Å². The van der Waals surface area contributed by atoms with Gasteiger partial charge in [-0.15, -0.1) is 0 Å². The van der Waals surface area contributed by atoms with Crippen molar-refractivity contribution < 1.29 is 0 Å². The molecule has 1 heteroatoms. The average Bonchev–Trinajstić information content (AvgIpc) is 2.26. The van der Waals surface area contributed by atoms with Gasteiger partial charge in [-0.1, -0.05) is 51.5 Å². The molecule has 94 valence electrons. The lowest BCUT2D eigenvalue weighted by Gasteiger charge is -2.34. The zero-order chi connectivity index (χ0) is 12.3. The number of hydrogen-bond acceptors (Lipinski definition) is 1. The third-order valence-corrected chi connectivity index (χ3v) is 4.01. The van der Waals surface area contributed by atoms with Crippen LogP contribution in [-0.4, -0.2) is 6.54 Å². The van der Waals surface area contributed by atoms with Crippen LogP contribution in [0.2, 0.25) is 0 Å². The first-order chi connectivity index (χ1) is 8.22. The highest BCUT2D eigenvalue weighted by Gasteiger charge is 2.27. The highest BCUT2D eigenvalue weighted by atomic mass is 14.9. The zero-order valence-corrected chi connectivity index (χ0v) is 11.4. The van der Waals surface area contributed by atoms with Gasteiger partial charge in [0.25, 0.3) is 0 Å². The number of rotatable bonds is 5. The standard InChI is InChI=1S/C16H25N/c1-4-17-16(14-6-5-7-14)15-10-8-13(9-11-15)12(2)3/h8-12,14,16-17H,4-7H2,1-3H3. The summed E-state index contributed by atoms with van der Waals surface area (Å²) in [6, 6.07) is 9.81. The summed E-state index contributed by atoms with van der Waals surface area (Å²) in [5.74, 6) is 1.49. The van der Waals surface area contributed by atoms with E-state index in [1.807, 2.05) is 0 Å². The SMILES string of the molecule is CCNC(c1ccc(C(C)C)cc1)C1CCC1. The molecule has 1 unspecified atom stereocenters. The largest absolute Gasteiger partial charge is 0.310 e. The normalized spacial score (nSPS) is 18.1. The van der Waals surface area contributed by atoms with Gasteiger partial charge in [-0.3, -0.25) is 0 Å². The van der Waals surface area contributed by atoms with E-state index in [4.69, 9.17) is 0 Å². The van der Waals surface area contributed by atoms with Gasteiger partial charge in [-0.2, -0.15) is 0 Å². The third-order valence-electron chi connectivity index (χ3n) is 4.01. The fourth-order valence-electron chi connectivity index (χ4n) is 2.64. The molecule has 1 saturated carbocycles. The summed E-state index contributed by atoms with van der Waals surface area (Å²) in [6.07, 6.45) is 4.20. The van der Waals surface area contributed by atoms with Crippen molar-refractivity contribution in [2.75, 3.05) is 6.54 Å². The molecule has 17 heavy (non-hydrogen) atoms. The molecule has 0 bridgehead atoms. The molecule has 0 amide bonds. The Morgan fingerprint density at radius 2 is 1.71 bits per heavy atom. The van der Waals surface area contributed by atoms with E-state index in [0.29, 0.717) is 12.0 Å². The van der Waals surface area contributed by atoms with E-state index in [1.54, 1.807) is 0 Å². The van der Waals surface area contributed by atoms with E-state index in [0.717, 1.165) is 12.5 Å². The maximum atomic E-state index is 3.65. The van der Waals surface area contributed by atoms with Crippen molar-refractivity contribution in [3.63, 3.8) is 0 Å². The van der Waals surface area contributed by atoms with E-state index in [2.05, 4.69) is 50.4 Å². The quantitative estimate of drug-likeness (QED) is 0.798. The molecule has 1 aliphatic carbocycles. The van der Waals surface area contributed by atoms with Gasteiger partial charge >= 0.3 is 0 Å². The van der Waals surface area contributed by atoms with Crippen molar-refractivity contribution in [1.82, 2.24) is 5.32 Å². The first-order valence-electron chi connectivity index (χ1n) is 7.05. The molecule has 1 aliphatic rings. The molecule has 0 aromatic heterocycles. The minimum atomic E-state index is 0.579. The number of nitrogens with one attached hydrogen (secondary N) is 1. The van der Waals surface area contributed by atoms with Crippen LogP contribution in [0.15, 0.2) is 24.3 Å². The summed E-state index contributed by atoms with van der Waals surface area (Å²) in [5.41, 5.74) is 2.92. The molecule has 0 saturated heterocycles. The van der Waals surface area contributed by atoms with Crippen molar-refractivity contribution in [2.45, 2.75) is 52.0 Å². The predicted molar refractivity (Wildman–Crippen MR) is 74.3 cm³/mol. The van der Waals surface area contributed by atoms with E-state index >= 15 is 0 Å². The van der Waals surface area contributed by atoms with Crippen LogP contribution in [0.3, 0.4) is 0 Å². The Kier molecular flexibility index (Phi) is 4.22. The molecule has 1 atom stereocenters. The Bertz CT molecular complexity index is 335. The molecule has 0 aliphatic heterocycles. The molecule has 0 heterocycles. The lowest BCUT2D eigenvalue weighted by atomic mass is 9.77. The smallest absolute Gasteiger partial charge is 0.0348 e. The Morgan fingerprint density at radius 3 is 2.12 bits per heavy atom. The molecule has 1 nitrogen and oxygen atoms in total. The molecular formula is C16H25N. The van der Waals surface area contributed by atoms with E-state index in [-0.39, 0.29) is 0 Å². The van der Waals surface area contributed by atoms with Gasteiger partial charge < -0.3 is 5.32 Å². The van der Waals surface area contributed by atoms with Crippen molar-refractivity contribution in [3.05, 3.63) is 35.4 Å². The second kappa shape index (κ2) is 5.68. The van der Waals surface area contributed by atoms with Crippen molar-refractivity contribution in [3.8, 4) is 0 Å². The minimum absolute atomic E-state index is 0.579. The average molecular weight is 231 g/mol. The third kappa shape index (κ3) is 2.90. The summed E-state index contributed by atoms with van der Waals surface area (Å²) in [6.45, 7) is 7.77. The Balaban J connectivity index is 2.11. The highest BCUT2D eigenvalue weighted by Crippen LogP contribution is 2.37. The molecule has 0 spiro atoms. The molecule has 1 N–H and O–H groups in total. The molecule has 2 rings (SSSR count). The fourth-order valence-corrected chi connectivity index (χ4v) is 2.64. The van der Waals surface area contributed by atoms with Gasteiger partial charge in [0.2, 0.25) is 0 Å². The van der Waals surface area contributed by atoms with Crippen LogP contribution in [0.4, 0.5) is 0 Å². The molecule has 1 fully saturated rings. The Hall–Kier alpha value is -0.820. The second-order valence-electron chi connectivity index (χ2n) is 5.55. The molecule has 0 radical (unpaired) electrons. The topological polar surface area (TPSA) is 12.0 Å². The van der Waals surface area contributed by atoms with Gasteiger partial charge in [0.15, 0.2) is 0 Å². The van der Waals surface area contributed by atoms with Gasteiger partial charge in [-0.05, 0) is 42.3 Å². The number of hydrogen-bond donors (Lipinski definition) is 1. The van der Waals surface area contributed by atoms with Gasteiger partial charge in [0.05, 0.1) is 0 Å². The second-order valence-corrected chi connectivity index (χ2v) is 5.55. The number of benzene rings is 1. The summed E-state index contributed by atoms with van der Waals surface area (Å²) in [7, 11) is 0. The molecular weight excluding hydrogens is 206 g/mol. The monoisotopic (exact) mass is 231 g/mol. The Morgan fingerprint density at radius 1 is 1.12 bits per heavy atom. The van der Waals surface area contributed by atoms with E-state index < -0.39 is 0 Å². The maximum absolute atomic E-state index is 3.65. The predicted octanol–water partition coefficient (Wildman–Crippen LogP) is 4.26. The van der Waals surface area contributed by atoms with Crippen molar-refractivity contribution >= 4 is 0 Å². The highest BCUT2D eigenvalue weighted by molar-refractivity contribution is 5.27. The lowest BCUT2D eigenvalue weighted by Crippen LogP contribution is -2.32. The maximum Gasteiger partial charge on any atom is 0.0348 e. The zero-order valence-electron chi connectivity index (χ0n) is 11.4. The van der Waals surface area contributed by atoms with E-state index in [9.17, 15) is 0 Å². The summed E-state index contributed by atoms with van der Waals surface area (Å²) >= 11 is 0. The summed E-state index contributed by atoms with van der Waals surface area (Å²) < 4.78 is 0. The van der Waals surface area contributed by atoms with Gasteiger partial charge in [0.1, 0.15) is 0 Å². The summed E-state index contributed by atoms with van der Waals surface area (Å²) in [4.78, 5) is 0. The van der Waals surface area contributed by atoms with Crippen LogP contribution in [0.5, 0.6) is 0 Å². The molecule has 1 aromatic rings. The van der Waals surface area contributed by atoms with Crippen LogP contribution in [-0.2, 0) is 0 Å².